The number of nitrogens with one attached hydrogen (secondary N) is 2. The smallest absolute Gasteiger partial charge is 0.318 e. The third-order valence-corrected chi connectivity index (χ3v) is 5.51. The van der Waals surface area contributed by atoms with Crippen molar-refractivity contribution < 1.29 is 9.59 Å². The minimum Gasteiger partial charge on any atom is -0.352 e. The van der Waals surface area contributed by atoms with Crippen LogP contribution in [-0.2, 0) is 17.6 Å². The van der Waals surface area contributed by atoms with E-state index in [4.69, 9.17) is 0 Å². The Kier molecular flexibility index (Phi) is 5.15. The Morgan fingerprint density at radius 2 is 2.22 bits per heavy atom. The molecule has 0 unspecified atom stereocenters. The van der Waals surface area contributed by atoms with Gasteiger partial charge in [0.2, 0.25) is 5.91 Å². The summed E-state index contributed by atoms with van der Waals surface area (Å²) in [4.78, 5) is 31.8. The number of aryl methyl sites for hydroxylation is 1. The monoisotopic (exact) mass is 336 g/mol. The number of thiazole rings is 1. The summed E-state index contributed by atoms with van der Waals surface area (Å²) in [6, 6.07) is -0.0986. The molecule has 1 saturated heterocycles. The van der Waals surface area contributed by atoms with Crippen LogP contribution >= 0.6 is 11.3 Å². The highest BCUT2D eigenvalue weighted by Gasteiger charge is 2.36. The molecule has 7 heteroatoms. The normalized spacial score (nSPS) is 20.6. The van der Waals surface area contributed by atoms with E-state index in [1.54, 1.807) is 16.2 Å². The second kappa shape index (κ2) is 7.29. The van der Waals surface area contributed by atoms with Crippen LogP contribution in [0.4, 0.5) is 4.79 Å². The molecule has 0 bridgehead atoms. The van der Waals surface area contributed by atoms with Crippen molar-refractivity contribution in [3.63, 3.8) is 0 Å². The average molecular weight is 336 g/mol. The SMILES string of the molecule is CCc1cnc(CCNC(=O)N2CCC[C@H]2C(=O)NC2CC2)s1. The molecular formula is C16H24N4O2S. The molecule has 2 aliphatic rings. The van der Waals surface area contributed by atoms with Crippen molar-refractivity contribution in [3.8, 4) is 0 Å². The van der Waals surface area contributed by atoms with E-state index in [1.807, 2.05) is 6.20 Å². The van der Waals surface area contributed by atoms with E-state index in [-0.39, 0.29) is 18.0 Å². The molecule has 1 aromatic rings. The molecule has 0 spiro atoms. The number of carbonyl (C=O) groups is 2. The van der Waals surface area contributed by atoms with Crippen LogP contribution in [-0.4, -0.2) is 47.0 Å². The fourth-order valence-electron chi connectivity index (χ4n) is 2.81. The first-order valence-electron chi connectivity index (χ1n) is 8.45. The van der Waals surface area contributed by atoms with Crippen LogP contribution in [0.25, 0.3) is 0 Å². The van der Waals surface area contributed by atoms with Gasteiger partial charge in [0, 0.05) is 36.6 Å². The minimum atomic E-state index is -0.304. The number of carbonyl (C=O) groups excluding carboxylic acids is 2. The molecule has 0 radical (unpaired) electrons. The van der Waals surface area contributed by atoms with Crippen molar-refractivity contribution >= 4 is 23.3 Å². The zero-order valence-corrected chi connectivity index (χ0v) is 14.3. The highest BCUT2D eigenvalue weighted by atomic mass is 32.1. The number of likely N-dealkylation sites (tertiary alicyclic amines) is 1. The fraction of sp³-hybridized carbons (Fsp3) is 0.688. The first kappa shape index (κ1) is 16.2. The zero-order valence-electron chi connectivity index (χ0n) is 13.5. The van der Waals surface area contributed by atoms with Crippen LogP contribution in [0.15, 0.2) is 6.20 Å². The van der Waals surface area contributed by atoms with Crippen LogP contribution in [0.3, 0.4) is 0 Å². The maximum absolute atomic E-state index is 12.3. The predicted octanol–water partition coefficient (Wildman–Crippen LogP) is 1.70. The van der Waals surface area contributed by atoms with E-state index in [1.165, 1.54) is 4.88 Å². The standard InChI is InChI=1S/C16H24N4O2S/c1-2-12-10-18-14(23-12)7-8-17-16(22)20-9-3-4-13(20)15(21)19-11-5-6-11/h10-11,13H,2-9H2,1H3,(H,17,22)(H,19,21)/t13-/m0/s1. The quantitative estimate of drug-likeness (QED) is 0.830. The van der Waals surface area contributed by atoms with Crippen molar-refractivity contribution in [1.82, 2.24) is 20.5 Å². The lowest BCUT2D eigenvalue weighted by Gasteiger charge is -2.24. The van der Waals surface area contributed by atoms with Gasteiger partial charge in [-0.25, -0.2) is 9.78 Å². The molecule has 1 aliphatic carbocycles. The van der Waals surface area contributed by atoms with E-state index in [0.29, 0.717) is 19.1 Å². The molecule has 1 aromatic heterocycles. The van der Waals surface area contributed by atoms with E-state index >= 15 is 0 Å². The van der Waals surface area contributed by atoms with Gasteiger partial charge in [0.25, 0.3) is 0 Å². The first-order chi connectivity index (χ1) is 11.2. The summed E-state index contributed by atoms with van der Waals surface area (Å²) in [5.41, 5.74) is 0. The summed E-state index contributed by atoms with van der Waals surface area (Å²) in [6.45, 7) is 3.33. The number of hydrogen-bond acceptors (Lipinski definition) is 4. The topological polar surface area (TPSA) is 74.3 Å². The van der Waals surface area contributed by atoms with Gasteiger partial charge < -0.3 is 15.5 Å². The van der Waals surface area contributed by atoms with Crippen LogP contribution in [0.5, 0.6) is 0 Å². The molecule has 2 heterocycles. The number of nitrogens with zero attached hydrogens (tertiary/aromatic N) is 2. The lowest BCUT2D eigenvalue weighted by Crippen LogP contribution is -2.50. The Labute approximate surface area is 140 Å². The summed E-state index contributed by atoms with van der Waals surface area (Å²) < 4.78 is 0. The van der Waals surface area contributed by atoms with Crippen molar-refractivity contribution in [3.05, 3.63) is 16.1 Å². The third-order valence-electron chi connectivity index (χ3n) is 4.31. The zero-order chi connectivity index (χ0) is 16.2. The second-order valence-electron chi connectivity index (χ2n) is 6.19. The maximum Gasteiger partial charge on any atom is 0.318 e. The summed E-state index contributed by atoms with van der Waals surface area (Å²) in [5, 5.41) is 6.98. The molecule has 1 aliphatic heterocycles. The molecule has 2 fully saturated rings. The van der Waals surface area contributed by atoms with Gasteiger partial charge in [-0.1, -0.05) is 6.92 Å². The Morgan fingerprint density at radius 1 is 1.39 bits per heavy atom. The first-order valence-corrected chi connectivity index (χ1v) is 9.27. The van der Waals surface area contributed by atoms with Gasteiger partial charge in [0.15, 0.2) is 0 Å². The Balaban J connectivity index is 1.45. The summed E-state index contributed by atoms with van der Waals surface area (Å²) in [5.74, 6) is 0.00709. The molecule has 3 rings (SSSR count). The average Bonchev–Trinajstić information content (AvgIpc) is 3.06. The largest absolute Gasteiger partial charge is 0.352 e. The molecule has 3 amide bonds. The summed E-state index contributed by atoms with van der Waals surface area (Å²) in [7, 11) is 0. The molecule has 2 N–H and O–H groups in total. The fourth-order valence-corrected chi connectivity index (χ4v) is 3.67. The number of amides is 3. The minimum absolute atomic E-state index is 0.00709. The van der Waals surface area contributed by atoms with Gasteiger partial charge in [-0.15, -0.1) is 11.3 Å². The van der Waals surface area contributed by atoms with Crippen LogP contribution < -0.4 is 10.6 Å². The number of hydrogen-bond donors (Lipinski definition) is 2. The van der Waals surface area contributed by atoms with Crippen LogP contribution in [0, 0.1) is 0 Å². The maximum atomic E-state index is 12.3. The molecule has 1 saturated carbocycles. The van der Waals surface area contributed by atoms with E-state index in [2.05, 4.69) is 22.5 Å². The molecular weight excluding hydrogens is 312 g/mol. The van der Waals surface area contributed by atoms with Crippen molar-refractivity contribution in [2.75, 3.05) is 13.1 Å². The number of rotatable bonds is 6. The van der Waals surface area contributed by atoms with Gasteiger partial charge in [0.05, 0.1) is 5.01 Å². The van der Waals surface area contributed by atoms with Gasteiger partial charge in [-0.2, -0.15) is 0 Å². The van der Waals surface area contributed by atoms with E-state index in [9.17, 15) is 9.59 Å². The van der Waals surface area contributed by atoms with Gasteiger partial charge in [-0.05, 0) is 32.1 Å². The van der Waals surface area contributed by atoms with Crippen molar-refractivity contribution in [2.24, 2.45) is 0 Å². The number of urea groups is 1. The second-order valence-corrected chi connectivity index (χ2v) is 7.39. The van der Waals surface area contributed by atoms with E-state index < -0.39 is 0 Å². The predicted molar refractivity (Wildman–Crippen MR) is 89.5 cm³/mol. The molecule has 23 heavy (non-hydrogen) atoms. The summed E-state index contributed by atoms with van der Waals surface area (Å²) in [6.07, 6.45) is 7.43. The van der Waals surface area contributed by atoms with Gasteiger partial charge >= 0.3 is 6.03 Å². The lowest BCUT2D eigenvalue weighted by atomic mass is 10.2. The van der Waals surface area contributed by atoms with Crippen LogP contribution in [0.1, 0.15) is 42.5 Å². The van der Waals surface area contributed by atoms with Gasteiger partial charge in [0.1, 0.15) is 6.04 Å². The van der Waals surface area contributed by atoms with Gasteiger partial charge in [-0.3, -0.25) is 4.79 Å². The molecule has 1 atom stereocenters. The highest BCUT2D eigenvalue weighted by Crippen LogP contribution is 2.22. The Bertz CT molecular complexity index is 570. The summed E-state index contributed by atoms with van der Waals surface area (Å²) >= 11 is 1.70. The molecule has 126 valence electrons. The van der Waals surface area contributed by atoms with Crippen LogP contribution in [0.2, 0.25) is 0 Å². The lowest BCUT2D eigenvalue weighted by molar-refractivity contribution is -0.124. The highest BCUT2D eigenvalue weighted by molar-refractivity contribution is 7.11. The van der Waals surface area contributed by atoms with E-state index in [0.717, 1.165) is 43.5 Å². The number of aromatic nitrogens is 1. The Morgan fingerprint density at radius 3 is 2.91 bits per heavy atom. The molecule has 6 nitrogen and oxygen atoms in total. The molecule has 0 aromatic carbocycles. The Hall–Kier alpha value is -1.63. The van der Waals surface area contributed by atoms with Crippen molar-refractivity contribution in [2.45, 2.75) is 57.5 Å². The van der Waals surface area contributed by atoms with Crippen molar-refractivity contribution in [1.29, 1.82) is 0 Å². The third kappa shape index (κ3) is 4.22.